The maximum atomic E-state index is 11.2. The second kappa shape index (κ2) is 4.73. The minimum absolute atomic E-state index is 0.137. The third-order valence-corrected chi connectivity index (χ3v) is 1.93. The van der Waals surface area contributed by atoms with Gasteiger partial charge in [0.05, 0.1) is 13.3 Å². The average Bonchev–Trinajstić information content (AvgIpc) is 2.74. The molecule has 8 heteroatoms. The fourth-order valence-electron chi connectivity index (χ4n) is 1.09. The predicted octanol–water partition coefficient (Wildman–Crippen LogP) is -1.32. The summed E-state index contributed by atoms with van der Waals surface area (Å²) in [5, 5.41) is 32.8. The molecule has 8 nitrogen and oxygen atoms in total. The molecule has 0 spiro atoms. The van der Waals surface area contributed by atoms with Crippen LogP contribution in [-0.4, -0.2) is 50.7 Å². The van der Waals surface area contributed by atoms with Crippen molar-refractivity contribution in [2.24, 2.45) is 0 Å². The predicted molar refractivity (Wildman–Crippen MR) is 48.5 cm³/mol. The van der Waals surface area contributed by atoms with Gasteiger partial charge in [-0.25, -0.2) is 9.59 Å². The number of esters is 1. The zero-order valence-electron chi connectivity index (χ0n) is 8.25. The first-order chi connectivity index (χ1) is 7.49. The van der Waals surface area contributed by atoms with E-state index in [1.165, 1.54) is 0 Å². The van der Waals surface area contributed by atoms with Gasteiger partial charge in [0.25, 0.3) is 0 Å². The van der Waals surface area contributed by atoms with Gasteiger partial charge in [-0.2, -0.15) is 5.10 Å². The van der Waals surface area contributed by atoms with Crippen molar-refractivity contribution in [1.82, 2.24) is 10.2 Å². The lowest BCUT2D eigenvalue weighted by molar-refractivity contribution is -0.153. The Morgan fingerprint density at radius 1 is 1.50 bits per heavy atom. The second-order valence-corrected chi connectivity index (χ2v) is 2.92. The Bertz CT molecular complexity index is 401. The van der Waals surface area contributed by atoms with Gasteiger partial charge in [-0.15, -0.1) is 0 Å². The Kier molecular flexibility index (Phi) is 3.59. The summed E-state index contributed by atoms with van der Waals surface area (Å²) >= 11 is 0. The number of methoxy groups -OCH3 is 1. The van der Waals surface area contributed by atoms with Crippen LogP contribution in [0.2, 0.25) is 0 Å². The van der Waals surface area contributed by atoms with Crippen LogP contribution >= 0.6 is 0 Å². The molecular formula is C8H10N2O6. The monoisotopic (exact) mass is 230 g/mol. The molecule has 2 unspecified atom stereocenters. The number of nitrogens with one attached hydrogen (secondary N) is 1. The number of ether oxygens (including phenoxy) is 1. The van der Waals surface area contributed by atoms with Crippen LogP contribution in [0.5, 0.6) is 0 Å². The maximum Gasteiger partial charge on any atom is 0.356 e. The summed E-state index contributed by atoms with van der Waals surface area (Å²) in [4.78, 5) is 21.6. The fraction of sp³-hybridized carbons (Fsp3) is 0.375. The van der Waals surface area contributed by atoms with E-state index in [-0.39, 0.29) is 11.3 Å². The maximum absolute atomic E-state index is 11.2. The van der Waals surface area contributed by atoms with Crippen LogP contribution in [0.25, 0.3) is 0 Å². The molecule has 0 aliphatic carbocycles. The largest absolute Gasteiger partial charge is 0.479 e. The average molecular weight is 230 g/mol. The Hall–Kier alpha value is -1.93. The van der Waals surface area contributed by atoms with Crippen LogP contribution in [0.15, 0.2) is 6.20 Å². The highest BCUT2D eigenvalue weighted by Gasteiger charge is 2.30. The number of hydrogen-bond acceptors (Lipinski definition) is 6. The van der Waals surface area contributed by atoms with E-state index in [0.29, 0.717) is 0 Å². The summed E-state index contributed by atoms with van der Waals surface area (Å²) < 4.78 is 4.38. The lowest BCUT2D eigenvalue weighted by atomic mass is 10.1. The van der Waals surface area contributed by atoms with E-state index in [1.54, 1.807) is 0 Å². The molecule has 0 bridgehead atoms. The van der Waals surface area contributed by atoms with Gasteiger partial charge in [-0.3, -0.25) is 5.10 Å². The number of nitrogens with zero attached hydrogens (tertiary/aromatic N) is 1. The molecule has 1 heterocycles. The van der Waals surface area contributed by atoms with Crippen molar-refractivity contribution in [3.8, 4) is 0 Å². The van der Waals surface area contributed by atoms with Gasteiger partial charge in [0.1, 0.15) is 11.8 Å². The first-order valence-electron chi connectivity index (χ1n) is 4.19. The van der Waals surface area contributed by atoms with Crippen LogP contribution < -0.4 is 0 Å². The Labute approximate surface area is 89.5 Å². The third kappa shape index (κ3) is 2.18. The summed E-state index contributed by atoms with van der Waals surface area (Å²) in [5.74, 6) is -2.42. The van der Waals surface area contributed by atoms with E-state index < -0.39 is 24.1 Å². The molecule has 0 saturated carbocycles. The van der Waals surface area contributed by atoms with Crippen LogP contribution in [0.1, 0.15) is 22.2 Å². The van der Waals surface area contributed by atoms with Gasteiger partial charge in [-0.1, -0.05) is 0 Å². The van der Waals surface area contributed by atoms with Crippen molar-refractivity contribution in [3.63, 3.8) is 0 Å². The minimum Gasteiger partial charge on any atom is -0.479 e. The lowest BCUT2D eigenvalue weighted by Gasteiger charge is -2.13. The molecule has 1 aromatic rings. The summed E-state index contributed by atoms with van der Waals surface area (Å²) in [6.07, 6.45) is -2.75. The Morgan fingerprint density at radius 2 is 2.12 bits per heavy atom. The van der Waals surface area contributed by atoms with Crippen molar-refractivity contribution < 1.29 is 29.6 Å². The van der Waals surface area contributed by atoms with E-state index in [9.17, 15) is 14.7 Å². The molecular weight excluding hydrogens is 220 g/mol. The highest BCUT2D eigenvalue weighted by atomic mass is 16.5. The molecule has 1 aromatic heterocycles. The van der Waals surface area contributed by atoms with E-state index in [4.69, 9.17) is 10.2 Å². The molecule has 0 aromatic carbocycles. The minimum atomic E-state index is -2.04. The van der Waals surface area contributed by atoms with Crippen LogP contribution in [0, 0.1) is 0 Å². The molecule has 4 N–H and O–H groups in total. The van der Waals surface area contributed by atoms with Crippen LogP contribution in [-0.2, 0) is 9.53 Å². The molecule has 0 aliphatic heterocycles. The van der Waals surface area contributed by atoms with Crippen molar-refractivity contribution >= 4 is 11.9 Å². The zero-order valence-corrected chi connectivity index (χ0v) is 8.25. The fourth-order valence-corrected chi connectivity index (χ4v) is 1.09. The van der Waals surface area contributed by atoms with E-state index in [0.717, 1.165) is 13.3 Å². The highest BCUT2D eigenvalue weighted by molar-refractivity contribution is 5.89. The normalized spacial score (nSPS) is 14.2. The molecule has 88 valence electrons. The summed E-state index contributed by atoms with van der Waals surface area (Å²) in [6.45, 7) is 0. The topological polar surface area (TPSA) is 133 Å². The number of carboxylic acids is 1. The van der Waals surface area contributed by atoms with Gasteiger partial charge < -0.3 is 20.1 Å². The first-order valence-corrected chi connectivity index (χ1v) is 4.19. The summed E-state index contributed by atoms with van der Waals surface area (Å²) in [7, 11) is 1.12. The van der Waals surface area contributed by atoms with Gasteiger partial charge in [0.2, 0.25) is 0 Å². The summed E-state index contributed by atoms with van der Waals surface area (Å²) in [6, 6.07) is 0. The highest BCUT2D eigenvalue weighted by Crippen LogP contribution is 2.20. The number of hydrogen-bond donors (Lipinski definition) is 4. The number of aliphatic hydroxyl groups is 2. The van der Waals surface area contributed by atoms with Crippen molar-refractivity contribution in [2.45, 2.75) is 12.2 Å². The molecule has 16 heavy (non-hydrogen) atoms. The van der Waals surface area contributed by atoms with Crippen molar-refractivity contribution in [1.29, 1.82) is 0 Å². The van der Waals surface area contributed by atoms with E-state index in [1.807, 2.05) is 0 Å². The Balaban J connectivity index is 3.00. The SMILES string of the molecule is COC(=O)c1[nH]ncc1C(O)C(O)C(=O)O. The molecule has 0 fully saturated rings. The molecule has 1 rings (SSSR count). The number of carbonyl (C=O) groups excluding carboxylic acids is 1. The number of aliphatic hydroxyl groups excluding tert-OH is 2. The number of rotatable bonds is 4. The van der Waals surface area contributed by atoms with E-state index in [2.05, 4.69) is 14.9 Å². The number of aliphatic carboxylic acids is 1. The number of carboxylic acid groups (broad SMARTS) is 1. The van der Waals surface area contributed by atoms with Crippen LogP contribution in [0.3, 0.4) is 0 Å². The van der Waals surface area contributed by atoms with Gasteiger partial charge in [0.15, 0.2) is 6.10 Å². The van der Waals surface area contributed by atoms with Gasteiger partial charge in [-0.05, 0) is 0 Å². The molecule has 0 amide bonds. The summed E-state index contributed by atoms with van der Waals surface area (Å²) in [5.41, 5.74) is -0.336. The van der Waals surface area contributed by atoms with Gasteiger partial charge >= 0.3 is 11.9 Å². The molecule has 0 aliphatic rings. The standard InChI is InChI=1S/C8H10N2O6/c1-16-8(15)4-3(2-9-10-4)5(11)6(12)7(13)14/h2,5-6,11-12H,1H3,(H,9,10)(H,13,14). The number of H-pyrrole nitrogens is 1. The number of carbonyl (C=O) groups is 2. The van der Waals surface area contributed by atoms with Crippen molar-refractivity contribution in [2.75, 3.05) is 7.11 Å². The lowest BCUT2D eigenvalue weighted by Crippen LogP contribution is -2.28. The molecule has 0 saturated heterocycles. The van der Waals surface area contributed by atoms with Crippen LogP contribution in [0.4, 0.5) is 0 Å². The van der Waals surface area contributed by atoms with Crippen molar-refractivity contribution in [3.05, 3.63) is 17.5 Å². The zero-order chi connectivity index (χ0) is 12.3. The molecule has 0 radical (unpaired) electrons. The number of aromatic nitrogens is 2. The quantitative estimate of drug-likeness (QED) is 0.471. The van der Waals surface area contributed by atoms with Gasteiger partial charge in [0, 0.05) is 5.56 Å². The number of aromatic amines is 1. The Morgan fingerprint density at radius 3 is 2.62 bits per heavy atom. The molecule has 2 atom stereocenters. The van der Waals surface area contributed by atoms with E-state index >= 15 is 0 Å². The second-order valence-electron chi connectivity index (χ2n) is 2.92. The third-order valence-electron chi connectivity index (χ3n) is 1.93. The smallest absolute Gasteiger partial charge is 0.356 e. The first kappa shape index (κ1) is 12.1.